The molecular weight excluding hydrogens is 405 g/mol. The van der Waals surface area contributed by atoms with E-state index in [4.69, 9.17) is 0 Å². The van der Waals surface area contributed by atoms with Crippen LogP contribution < -0.4 is 10.0 Å². The molecular formula is C20H19F3N2O3S. The van der Waals surface area contributed by atoms with E-state index < -0.39 is 21.8 Å². The second-order valence-corrected chi connectivity index (χ2v) is 8.36. The molecule has 9 heteroatoms. The van der Waals surface area contributed by atoms with Crippen molar-refractivity contribution in [3.05, 3.63) is 66.2 Å². The Morgan fingerprint density at radius 2 is 1.72 bits per heavy atom. The topological polar surface area (TPSA) is 75.3 Å². The molecule has 2 N–H and O–H groups in total. The van der Waals surface area contributed by atoms with Gasteiger partial charge >= 0.3 is 6.18 Å². The fraction of sp³-hybridized carbons (Fsp3) is 0.250. The summed E-state index contributed by atoms with van der Waals surface area (Å²) in [7, 11) is -4.14. The van der Waals surface area contributed by atoms with Crippen molar-refractivity contribution in [2.45, 2.75) is 30.3 Å². The van der Waals surface area contributed by atoms with Crippen LogP contribution in [0, 0.1) is 5.92 Å². The molecule has 0 bridgehead atoms. The van der Waals surface area contributed by atoms with Crippen LogP contribution in [0.5, 0.6) is 0 Å². The highest BCUT2D eigenvalue weighted by atomic mass is 32.2. The Morgan fingerprint density at radius 3 is 2.41 bits per heavy atom. The van der Waals surface area contributed by atoms with E-state index >= 15 is 0 Å². The van der Waals surface area contributed by atoms with Crippen LogP contribution in [-0.4, -0.2) is 14.3 Å². The first-order valence-electron chi connectivity index (χ1n) is 8.91. The lowest BCUT2D eigenvalue weighted by Crippen LogP contribution is -2.23. The normalized spacial score (nSPS) is 17.0. The molecule has 0 saturated carbocycles. The van der Waals surface area contributed by atoms with Gasteiger partial charge in [-0.25, -0.2) is 8.42 Å². The van der Waals surface area contributed by atoms with Crippen LogP contribution in [0.25, 0.3) is 0 Å². The van der Waals surface area contributed by atoms with Crippen molar-refractivity contribution in [3.63, 3.8) is 0 Å². The summed E-state index contributed by atoms with van der Waals surface area (Å²) in [5.41, 5.74) is -0.861. The van der Waals surface area contributed by atoms with Crippen molar-refractivity contribution in [2.75, 3.05) is 10.0 Å². The Balaban J connectivity index is 1.77. The smallest absolute Gasteiger partial charge is 0.326 e. The molecule has 29 heavy (non-hydrogen) atoms. The van der Waals surface area contributed by atoms with Crippen LogP contribution in [0.1, 0.15) is 24.8 Å². The lowest BCUT2D eigenvalue weighted by molar-refractivity contribution is -0.137. The number of alkyl halides is 3. The van der Waals surface area contributed by atoms with E-state index in [1.54, 1.807) is 6.07 Å². The molecule has 0 aliphatic heterocycles. The van der Waals surface area contributed by atoms with Gasteiger partial charge in [-0.3, -0.25) is 9.52 Å². The van der Waals surface area contributed by atoms with Crippen molar-refractivity contribution >= 4 is 27.3 Å². The number of sulfonamides is 1. The number of anilines is 2. The van der Waals surface area contributed by atoms with Crippen molar-refractivity contribution in [3.8, 4) is 0 Å². The van der Waals surface area contributed by atoms with Gasteiger partial charge in [-0.2, -0.15) is 13.2 Å². The van der Waals surface area contributed by atoms with E-state index in [9.17, 15) is 26.4 Å². The number of nitrogens with one attached hydrogen (secondary N) is 2. The molecule has 154 valence electrons. The maximum Gasteiger partial charge on any atom is 0.416 e. The van der Waals surface area contributed by atoms with Gasteiger partial charge in [-0.1, -0.05) is 24.3 Å². The number of allylic oxidation sites excluding steroid dienone is 2. The first-order valence-corrected chi connectivity index (χ1v) is 10.4. The number of rotatable bonds is 5. The molecule has 0 heterocycles. The van der Waals surface area contributed by atoms with Gasteiger partial charge in [0.25, 0.3) is 10.0 Å². The fourth-order valence-electron chi connectivity index (χ4n) is 2.99. The number of carbonyl (C=O) groups excluding carboxylic acids is 1. The molecule has 1 aliphatic carbocycles. The summed E-state index contributed by atoms with van der Waals surface area (Å²) in [6, 6.07) is 9.51. The maximum atomic E-state index is 12.8. The zero-order chi connectivity index (χ0) is 21.1. The molecule has 3 rings (SSSR count). The van der Waals surface area contributed by atoms with E-state index in [0.29, 0.717) is 12.1 Å². The minimum atomic E-state index is -4.58. The van der Waals surface area contributed by atoms with E-state index in [0.717, 1.165) is 31.0 Å². The van der Waals surface area contributed by atoms with Crippen molar-refractivity contribution < 1.29 is 26.4 Å². The highest BCUT2D eigenvalue weighted by molar-refractivity contribution is 7.92. The average molecular weight is 424 g/mol. The van der Waals surface area contributed by atoms with Gasteiger partial charge in [0.05, 0.1) is 10.5 Å². The lowest BCUT2D eigenvalue weighted by Gasteiger charge is -2.17. The molecule has 0 aromatic heterocycles. The number of amides is 1. The third kappa shape index (κ3) is 5.38. The average Bonchev–Trinajstić information content (AvgIpc) is 2.68. The quantitative estimate of drug-likeness (QED) is 0.677. The van der Waals surface area contributed by atoms with E-state index in [-0.39, 0.29) is 22.4 Å². The number of benzene rings is 2. The Morgan fingerprint density at radius 1 is 1.00 bits per heavy atom. The second kappa shape index (κ2) is 8.28. The lowest BCUT2D eigenvalue weighted by atomic mass is 9.93. The Labute approximate surface area is 166 Å². The zero-order valence-electron chi connectivity index (χ0n) is 15.2. The van der Waals surface area contributed by atoms with Crippen molar-refractivity contribution in [2.24, 2.45) is 5.92 Å². The zero-order valence-corrected chi connectivity index (χ0v) is 16.1. The summed E-state index contributed by atoms with van der Waals surface area (Å²) >= 11 is 0. The van der Waals surface area contributed by atoms with Crippen LogP contribution in [0.2, 0.25) is 0 Å². The maximum absolute atomic E-state index is 12.8. The third-order valence-electron chi connectivity index (χ3n) is 4.49. The standard InChI is InChI=1S/C20H19F3N2O3S/c21-20(22,23)15-8-4-10-17(12-15)25-29(27,28)18-11-5-9-16(13-18)24-19(26)14-6-2-1-3-7-14/h1-2,4-5,8-14,25H,3,6-7H2,(H,24,26). The number of halogens is 3. The van der Waals surface area contributed by atoms with Crippen LogP contribution in [-0.2, 0) is 21.0 Å². The van der Waals surface area contributed by atoms with E-state index in [1.165, 1.54) is 24.3 Å². The molecule has 0 radical (unpaired) electrons. The molecule has 0 fully saturated rings. The van der Waals surface area contributed by atoms with Crippen LogP contribution in [0.4, 0.5) is 24.5 Å². The molecule has 5 nitrogen and oxygen atoms in total. The predicted molar refractivity (Wildman–Crippen MR) is 104 cm³/mol. The van der Waals surface area contributed by atoms with Crippen LogP contribution >= 0.6 is 0 Å². The minimum Gasteiger partial charge on any atom is -0.326 e. The van der Waals surface area contributed by atoms with Gasteiger partial charge in [0, 0.05) is 17.3 Å². The summed E-state index contributed by atoms with van der Waals surface area (Å²) < 4.78 is 65.8. The van der Waals surface area contributed by atoms with E-state index in [1.807, 2.05) is 12.2 Å². The molecule has 0 spiro atoms. The number of carbonyl (C=O) groups is 1. The summed E-state index contributed by atoms with van der Waals surface area (Å²) in [5.74, 6) is -0.377. The first kappa shape index (κ1) is 20.9. The second-order valence-electron chi connectivity index (χ2n) is 6.68. The Kier molecular flexibility index (Phi) is 5.97. The highest BCUT2D eigenvalue weighted by Gasteiger charge is 2.30. The van der Waals surface area contributed by atoms with E-state index in [2.05, 4.69) is 10.0 Å². The first-order chi connectivity index (χ1) is 13.6. The molecule has 0 saturated heterocycles. The largest absolute Gasteiger partial charge is 0.416 e. The molecule has 1 amide bonds. The van der Waals surface area contributed by atoms with Crippen molar-refractivity contribution in [1.82, 2.24) is 0 Å². The fourth-order valence-corrected chi connectivity index (χ4v) is 4.09. The van der Waals surface area contributed by atoms with Gasteiger partial charge in [-0.15, -0.1) is 0 Å². The molecule has 1 aliphatic rings. The highest BCUT2D eigenvalue weighted by Crippen LogP contribution is 2.31. The summed E-state index contributed by atoms with van der Waals surface area (Å²) in [5, 5.41) is 2.70. The molecule has 1 unspecified atom stereocenters. The van der Waals surface area contributed by atoms with Gasteiger partial charge in [-0.05, 0) is 55.7 Å². The van der Waals surface area contributed by atoms with Gasteiger partial charge in [0.1, 0.15) is 0 Å². The third-order valence-corrected chi connectivity index (χ3v) is 5.87. The molecule has 1 atom stereocenters. The Bertz CT molecular complexity index is 1030. The monoisotopic (exact) mass is 424 g/mol. The summed E-state index contributed by atoms with van der Waals surface area (Å²) in [4.78, 5) is 12.2. The molecule has 2 aromatic carbocycles. The van der Waals surface area contributed by atoms with Crippen LogP contribution in [0.3, 0.4) is 0 Å². The minimum absolute atomic E-state index is 0.170. The Hall–Kier alpha value is -2.81. The van der Waals surface area contributed by atoms with Gasteiger partial charge < -0.3 is 5.32 Å². The number of hydrogen-bond donors (Lipinski definition) is 2. The summed E-state index contributed by atoms with van der Waals surface area (Å²) in [6.07, 6.45) is 1.52. The predicted octanol–water partition coefficient (Wildman–Crippen LogP) is 4.80. The van der Waals surface area contributed by atoms with Gasteiger partial charge in [0.2, 0.25) is 5.91 Å². The van der Waals surface area contributed by atoms with Gasteiger partial charge in [0.15, 0.2) is 0 Å². The summed E-state index contributed by atoms with van der Waals surface area (Å²) in [6.45, 7) is 0. The molecule has 2 aromatic rings. The van der Waals surface area contributed by atoms with Crippen molar-refractivity contribution in [1.29, 1.82) is 0 Å². The van der Waals surface area contributed by atoms with Crippen LogP contribution in [0.15, 0.2) is 65.6 Å². The number of hydrogen-bond acceptors (Lipinski definition) is 3. The SMILES string of the molecule is O=C(Nc1cccc(S(=O)(=O)Nc2cccc(C(F)(F)F)c2)c1)C1CC=CCC1.